The van der Waals surface area contributed by atoms with Crippen LogP contribution in [0.1, 0.15) is 36.7 Å². The van der Waals surface area contributed by atoms with Gasteiger partial charge in [-0.15, -0.1) is 0 Å². The lowest BCUT2D eigenvalue weighted by Crippen LogP contribution is -2.18. The predicted molar refractivity (Wildman–Crippen MR) is 55.1 cm³/mol. The summed E-state index contributed by atoms with van der Waals surface area (Å²) in [5.74, 6) is -1.46. The largest absolute Gasteiger partial charge is 0.480 e. The van der Waals surface area contributed by atoms with E-state index in [-0.39, 0.29) is 12.2 Å². The summed E-state index contributed by atoms with van der Waals surface area (Å²) in [4.78, 5) is 22.2. The number of aromatic nitrogens is 2. The van der Waals surface area contributed by atoms with E-state index in [0.717, 1.165) is 0 Å². The van der Waals surface area contributed by atoms with Crippen molar-refractivity contribution in [2.24, 2.45) is 0 Å². The Morgan fingerprint density at radius 2 is 2.25 bits per heavy atom. The molecule has 6 heteroatoms. The van der Waals surface area contributed by atoms with Gasteiger partial charge in [-0.2, -0.15) is 5.10 Å². The quantitative estimate of drug-likeness (QED) is 0.760. The lowest BCUT2D eigenvalue weighted by atomic mass is 10.2. The summed E-state index contributed by atoms with van der Waals surface area (Å²) < 4.78 is 6.03. The highest BCUT2D eigenvalue weighted by Crippen LogP contribution is 2.12. The Hall–Kier alpha value is -1.85. The summed E-state index contributed by atoms with van der Waals surface area (Å²) in [6, 6.07) is -0.747. The molecule has 0 aliphatic rings. The predicted octanol–water partition coefficient (Wildman–Crippen LogP) is 1.10. The summed E-state index contributed by atoms with van der Waals surface area (Å²) >= 11 is 0. The second-order valence-corrected chi connectivity index (χ2v) is 3.19. The molecule has 0 saturated carbocycles. The molecule has 0 unspecified atom stereocenters. The van der Waals surface area contributed by atoms with Crippen molar-refractivity contribution in [2.75, 3.05) is 6.61 Å². The van der Waals surface area contributed by atoms with Gasteiger partial charge in [-0.25, -0.2) is 9.59 Å². The fourth-order valence-corrected chi connectivity index (χ4v) is 1.30. The summed E-state index contributed by atoms with van der Waals surface area (Å²) in [6.45, 7) is 3.72. The highest BCUT2D eigenvalue weighted by atomic mass is 16.5. The van der Waals surface area contributed by atoms with E-state index >= 15 is 0 Å². The summed E-state index contributed by atoms with van der Waals surface area (Å²) in [6.07, 6.45) is 3.10. The molecule has 1 aromatic rings. The van der Waals surface area contributed by atoms with Crippen LogP contribution in [0, 0.1) is 0 Å². The molecule has 1 rings (SSSR count). The number of carboxylic acid groups (broad SMARTS) is 1. The van der Waals surface area contributed by atoms with Crippen molar-refractivity contribution in [3.63, 3.8) is 0 Å². The highest BCUT2D eigenvalue weighted by Gasteiger charge is 2.19. The molecule has 0 amide bonds. The van der Waals surface area contributed by atoms with Crippen LogP contribution in [0.5, 0.6) is 0 Å². The van der Waals surface area contributed by atoms with Gasteiger partial charge in [0.05, 0.1) is 18.4 Å². The zero-order valence-electron chi connectivity index (χ0n) is 9.21. The van der Waals surface area contributed by atoms with E-state index in [0.29, 0.717) is 6.42 Å². The van der Waals surface area contributed by atoms with E-state index in [1.165, 1.54) is 17.1 Å². The standard InChI is InChI=1S/C10H14N2O4/c1-3-8(9(13)14)12-6-7(5-11-12)10(15)16-4-2/h5-6,8H,3-4H2,1-2H3,(H,13,14)/t8-/m1/s1. The van der Waals surface area contributed by atoms with Crippen molar-refractivity contribution in [2.45, 2.75) is 26.3 Å². The number of hydrogen-bond acceptors (Lipinski definition) is 4. The lowest BCUT2D eigenvalue weighted by Gasteiger charge is -2.09. The number of hydrogen-bond donors (Lipinski definition) is 1. The molecule has 0 radical (unpaired) electrons. The van der Waals surface area contributed by atoms with Gasteiger partial charge in [0.25, 0.3) is 0 Å². The highest BCUT2D eigenvalue weighted by molar-refractivity contribution is 5.88. The topological polar surface area (TPSA) is 81.4 Å². The number of carbonyl (C=O) groups excluding carboxylic acids is 1. The molecule has 0 spiro atoms. The van der Waals surface area contributed by atoms with Gasteiger partial charge in [0.1, 0.15) is 6.04 Å². The zero-order valence-corrected chi connectivity index (χ0v) is 9.21. The van der Waals surface area contributed by atoms with Crippen molar-refractivity contribution in [1.29, 1.82) is 0 Å². The molecule has 0 aromatic carbocycles. The van der Waals surface area contributed by atoms with Gasteiger partial charge in [-0.1, -0.05) is 6.92 Å². The number of nitrogens with zero attached hydrogens (tertiary/aromatic N) is 2. The van der Waals surface area contributed by atoms with Crippen LogP contribution in [0.25, 0.3) is 0 Å². The van der Waals surface area contributed by atoms with E-state index in [1.807, 2.05) is 0 Å². The van der Waals surface area contributed by atoms with Crippen LogP contribution in [-0.4, -0.2) is 33.4 Å². The third kappa shape index (κ3) is 2.59. The van der Waals surface area contributed by atoms with Crippen LogP contribution >= 0.6 is 0 Å². The molecule has 0 saturated heterocycles. The summed E-state index contributed by atoms with van der Waals surface area (Å²) in [5, 5.41) is 12.7. The van der Waals surface area contributed by atoms with Gasteiger partial charge in [0.2, 0.25) is 0 Å². The Morgan fingerprint density at radius 1 is 1.56 bits per heavy atom. The second kappa shape index (κ2) is 5.29. The van der Waals surface area contributed by atoms with Gasteiger partial charge >= 0.3 is 11.9 Å². The van der Waals surface area contributed by atoms with Crippen molar-refractivity contribution < 1.29 is 19.4 Å². The maximum Gasteiger partial charge on any atom is 0.341 e. The molecule has 1 N–H and O–H groups in total. The van der Waals surface area contributed by atoms with E-state index in [9.17, 15) is 9.59 Å². The molecule has 16 heavy (non-hydrogen) atoms. The Morgan fingerprint density at radius 3 is 2.75 bits per heavy atom. The Labute approximate surface area is 92.8 Å². The first-order valence-electron chi connectivity index (χ1n) is 5.04. The van der Waals surface area contributed by atoms with Gasteiger partial charge in [-0.05, 0) is 13.3 Å². The number of aliphatic carboxylic acids is 1. The van der Waals surface area contributed by atoms with Crippen LogP contribution in [0.2, 0.25) is 0 Å². The van der Waals surface area contributed by atoms with Crippen LogP contribution in [0.4, 0.5) is 0 Å². The van der Waals surface area contributed by atoms with Crippen molar-refractivity contribution in [1.82, 2.24) is 9.78 Å². The maximum atomic E-state index is 11.3. The first-order chi connectivity index (χ1) is 7.60. The van der Waals surface area contributed by atoms with Crippen molar-refractivity contribution >= 4 is 11.9 Å². The molecule has 1 heterocycles. The second-order valence-electron chi connectivity index (χ2n) is 3.19. The van der Waals surface area contributed by atoms with Crippen LogP contribution < -0.4 is 0 Å². The minimum absolute atomic E-state index is 0.265. The van der Waals surface area contributed by atoms with Gasteiger partial charge < -0.3 is 9.84 Å². The molecule has 0 aliphatic heterocycles. The maximum absolute atomic E-state index is 11.3. The fraction of sp³-hybridized carbons (Fsp3) is 0.500. The zero-order chi connectivity index (χ0) is 12.1. The number of esters is 1. The molecule has 0 fully saturated rings. The Kier molecular flexibility index (Phi) is 4.04. The van der Waals surface area contributed by atoms with Crippen LogP contribution in [-0.2, 0) is 9.53 Å². The molecule has 1 aromatic heterocycles. The summed E-state index contributed by atoms with van der Waals surface area (Å²) in [5.41, 5.74) is 0.265. The monoisotopic (exact) mass is 226 g/mol. The SMILES string of the molecule is CCOC(=O)c1cnn([C@H](CC)C(=O)O)c1. The first-order valence-corrected chi connectivity index (χ1v) is 5.04. The van der Waals surface area contributed by atoms with E-state index in [1.54, 1.807) is 13.8 Å². The first kappa shape index (κ1) is 12.2. The summed E-state index contributed by atoms with van der Waals surface area (Å²) in [7, 11) is 0. The Bertz CT molecular complexity index is 386. The minimum Gasteiger partial charge on any atom is -0.480 e. The van der Waals surface area contributed by atoms with E-state index in [4.69, 9.17) is 9.84 Å². The Balaban J connectivity index is 2.85. The van der Waals surface area contributed by atoms with Gasteiger partial charge in [0.15, 0.2) is 0 Å². The van der Waals surface area contributed by atoms with E-state index < -0.39 is 18.0 Å². The smallest absolute Gasteiger partial charge is 0.341 e. The number of carboxylic acids is 1. The lowest BCUT2D eigenvalue weighted by molar-refractivity contribution is -0.141. The minimum atomic E-state index is -0.971. The molecular formula is C10H14N2O4. The molecule has 0 bridgehead atoms. The average Bonchev–Trinajstić information content (AvgIpc) is 2.68. The molecular weight excluding hydrogens is 212 g/mol. The number of carbonyl (C=O) groups is 2. The van der Waals surface area contributed by atoms with Crippen molar-refractivity contribution in [3.8, 4) is 0 Å². The normalized spacial score (nSPS) is 12.1. The molecule has 6 nitrogen and oxygen atoms in total. The fourth-order valence-electron chi connectivity index (χ4n) is 1.30. The molecule has 0 aliphatic carbocycles. The van der Waals surface area contributed by atoms with Crippen LogP contribution in [0.15, 0.2) is 12.4 Å². The third-order valence-electron chi connectivity index (χ3n) is 2.10. The van der Waals surface area contributed by atoms with Crippen molar-refractivity contribution in [3.05, 3.63) is 18.0 Å². The number of ether oxygens (including phenoxy) is 1. The van der Waals surface area contributed by atoms with Gasteiger partial charge in [-0.3, -0.25) is 4.68 Å². The third-order valence-corrected chi connectivity index (χ3v) is 2.10. The van der Waals surface area contributed by atoms with Crippen LogP contribution in [0.3, 0.4) is 0 Å². The van der Waals surface area contributed by atoms with E-state index in [2.05, 4.69) is 5.10 Å². The molecule has 88 valence electrons. The number of rotatable bonds is 5. The average molecular weight is 226 g/mol. The van der Waals surface area contributed by atoms with Gasteiger partial charge in [0, 0.05) is 6.20 Å². The molecule has 1 atom stereocenters.